The molecule has 1 saturated heterocycles. The van der Waals surface area contributed by atoms with Crippen LogP contribution >= 0.6 is 0 Å². The lowest BCUT2D eigenvalue weighted by Gasteiger charge is -2.31. The van der Waals surface area contributed by atoms with Crippen LogP contribution in [0.2, 0.25) is 0 Å². The molecule has 1 aromatic rings. The molecule has 1 aromatic carbocycles. The number of rotatable bonds is 4. The Morgan fingerprint density at radius 2 is 2.10 bits per heavy atom. The molecule has 1 aliphatic rings. The van der Waals surface area contributed by atoms with Crippen LogP contribution in [0.25, 0.3) is 0 Å². The van der Waals surface area contributed by atoms with Gasteiger partial charge in [0.25, 0.3) is 0 Å². The number of benzene rings is 1. The number of amides is 2. The highest BCUT2D eigenvalue weighted by molar-refractivity contribution is 5.76. The molecule has 2 amide bonds. The first-order valence-corrected chi connectivity index (χ1v) is 7.38. The minimum absolute atomic E-state index is 0.0186. The number of carboxylic acids is 1. The van der Waals surface area contributed by atoms with E-state index in [1.165, 1.54) is 5.56 Å². The zero-order valence-electron chi connectivity index (χ0n) is 12.3. The molecule has 2 rings (SSSR count). The van der Waals surface area contributed by atoms with Crippen molar-refractivity contribution in [3.05, 3.63) is 35.9 Å². The summed E-state index contributed by atoms with van der Waals surface area (Å²) in [7, 11) is 0. The van der Waals surface area contributed by atoms with Crippen LogP contribution < -0.4 is 5.32 Å². The fraction of sp³-hybridized carbons (Fsp3) is 0.500. The van der Waals surface area contributed by atoms with Crippen molar-refractivity contribution >= 4 is 12.0 Å². The fourth-order valence-corrected chi connectivity index (χ4v) is 2.68. The van der Waals surface area contributed by atoms with Crippen LogP contribution in [0, 0.1) is 5.92 Å². The first-order valence-electron chi connectivity index (χ1n) is 7.38. The van der Waals surface area contributed by atoms with E-state index >= 15 is 0 Å². The minimum atomic E-state index is -0.815. The number of aliphatic carboxylic acids is 1. The van der Waals surface area contributed by atoms with Gasteiger partial charge >= 0.3 is 12.0 Å². The number of carbonyl (C=O) groups is 2. The van der Waals surface area contributed by atoms with Gasteiger partial charge in [0, 0.05) is 19.1 Å². The summed E-state index contributed by atoms with van der Waals surface area (Å²) in [5, 5.41) is 12.0. The number of hydrogen-bond donors (Lipinski definition) is 2. The third-order valence-corrected chi connectivity index (χ3v) is 3.81. The molecule has 2 N–H and O–H groups in total. The van der Waals surface area contributed by atoms with Crippen LogP contribution in [0.15, 0.2) is 30.3 Å². The lowest BCUT2D eigenvalue weighted by molar-refractivity contribution is -0.143. The average Bonchev–Trinajstić information content (AvgIpc) is 2.48. The number of carboxylic acid groups (broad SMARTS) is 1. The van der Waals surface area contributed by atoms with Crippen molar-refractivity contribution in [2.45, 2.75) is 32.2 Å². The number of likely N-dealkylation sites (tertiary alicyclic amines) is 1. The van der Waals surface area contributed by atoms with Crippen molar-refractivity contribution < 1.29 is 14.7 Å². The van der Waals surface area contributed by atoms with E-state index in [2.05, 4.69) is 5.32 Å². The maximum Gasteiger partial charge on any atom is 0.317 e. The summed E-state index contributed by atoms with van der Waals surface area (Å²) in [6, 6.07) is 9.84. The van der Waals surface area contributed by atoms with Crippen molar-refractivity contribution in [1.82, 2.24) is 10.2 Å². The maximum atomic E-state index is 12.2. The summed E-state index contributed by atoms with van der Waals surface area (Å²) in [6.45, 7) is 2.90. The number of hydrogen-bond acceptors (Lipinski definition) is 2. The molecule has 1 unspecified atom stereocenters. The second-order valence-electron chi connectivity index (χ2n) is 5.66. The highest BCUT2D eigenvalue weighted by Gasteiger charge is 2.28. The summed E-state index contributed by atoms with van der Waals surface area (Å²) < 4.78 is 0. The third kappa shape index (κ3) is 4.48. The molecule has 1 heterocycles. The Hall–Kier alpha value is -2.04. The monoisotopic (exact) mass is 290 g/mol. The average molecular weight is 290 g/mol. The van der Waals surface area contributed by atoms with Gasteiger partial charge in [-0.3, -0.25) is 4.79 Å². The molecule has 0 aromatic heterocycles. The molecule has 114 valence electrons. The van der Waals surface area contributed by atoms with Crippen molar-refractivity contribution in [3.8, 4) is 0 Å². The first-order chi connectivity index (χ1) is 10.1. The Kier molecular flexibility index (Phi) is 5.20. The van der Waals surface area contributed by atoms with Gasteiger partial charge in [0.15, 0.2) is 0 Å². The maximum absolute atomic E-state index is 12.2. The summed E-state index contributed by atoms with van der Waals surface area (Å²) >= 11 is 0. The summed E-state index contributed by atoms with van der Waals surface area (Å²) in [4.78, 5) is 24.8. The Labute approximate surface area is 125 Å². The highest BCUT2D eigenvalue weighted by atomic mass is 16.4. The van der Waals surface area contributed by atoms with Crippen molar-refractivity contribution in [3.63, 3.8) is 0 Å². The fourth-order valence-electron chi connectivity index (χ4n) is 2.68. The summed E-state index contributed by atoms with van der Waals surface area (Å²) in [5.74, 6) is -1.25. The second-order valence-corrected chi connectivity index (χ2v) is 5.66. The van der Waals surface area contributed by atoms with Crippen LogP contribution in [0.3, 0.4) is 0 Å². The number of nitrogens with zero attached hydrogens (tertiary/aromatic N) is 1. The van der Waals surface area contributed by atoms with Gasteiger partial charge < -0.3 is 15.3 Å². The van der Waals surface area contributed by atoms with Crippen molar-refractivity contribution in [1.29, 1.82) is 0 Å². The number of carbonyl (C=O) groups excluding carboxylic acids is 1. The van der Waals surface area contributed by atoms with Gasteiger partial charge in [-0.15, -0.1) is 0 Å². The van der Waals surface area contributed by atoms with E-state index in [1.807, 2.05) is 37.3 Å². The van der Waals surface area contributed by atoms with Gasteiger partial charge in [-0.2, -0.15) is 0 Å². The predicted octanol–water partition coefficient (Wildman–Crippen LogP) is 2.12. The molecule has 0 bridgehead atoms. The van der Waals surface area contributed by atoms with Gasteiger partial charge in [-0.1, -0.05) is 30.3 Å². The Bertz CT molecular complexity index is 490. The Balaban J connectivity index is 1.84. The van der Waals surface area contributed by atoms with Gasteiger partial charge in [-0.25, -0.2) is 4.79 Å². The predicted molar refractivity (Wildman–Crippen MR) is 80.1 cm³/mol. The van der Waals surface area contributed by atoms with Crippen LogP contribution in [0.4, 0.5) is 4.79 Å². The van der Waals surface area contributed by atoms with E-state index in [4.69, 9.17) is 5.11 Å². The molecule has 1 aliphatic heterocycles. The smallest absolute Gasteiger partial charge is 0.317 e. The number of piperidine rings is 1. The van der Waals surface area contributed by atoms with E-state index < -0.39 is 11.9 Å². The second kappa shape index (κ2) is 7.11. The normalized spacial score (nSPS) is 19.9. The topological polar surface area (TPSA) is 69.6 Å². The molecule has 0 aliphatic carbocycles. The molecule has 0 spiro atoms. The molecule has 1 fully saturated rings. The quantitative estimate of drug-likeness (QED) is 0.892. The van der Waals surface area contributed by atoms with E-state index in [1.54, 1.807) is 4.90 Å². The zero-order chi connectivity index (χ0) is 15.2. The number of nitrogens with one attached hydrogen (secondary N) is 1. The molecule has 5 nitrogen and oxygen atoms in total. The summed E-state index contributed by atoms with van der Waals surface area (Å²) in [6.07, 6.45) is 2.17. The molecule has 5 heteroatoms. The van der Waals surface area contributed by atoms with Crippen LogP contribution in [-0.2, 0) is 11.2 Å². The van der Waals surface area contributed by atoms with Crippen molar-refractivity contribution in [2.24, 2.45) is 5.92 Å². The SMILES string of the molecule is CC(Cc1ccccc1)NC(=O)N1CCC[C@@H](C(=O)O)C1. The molecule has 0 saturated carbocycles. The number of urea groups is 1. The van der Waals surface area contributed by atoms with Gasteiger partial charge in [0.2, 0.25) is 0 Å². The minimum Gasteiger partial charge on any atom is -0.481 e. The Morgan fingerprint density at radius 1 is 1.38 bits per heavy atom. The van der Waals surface area contributed by atoms with Gasteiger partial charge in [0.05, 0.1) is 5.92 Å². The lowest BCUT2D eigenvalue weighted by atomic mass is 9.98. The van der Waals surface area contributed by atoms with E-state index in [-0.39, 0.29) is 12.1 Å². The van der Waals surface area contributed by atoms with Crippen LogP contribution in [-0.4, -0.2) is 41.1 Å². The van der Waals surface area contributed by atoms with Crippen molar-refractivity contribution in [2.75, 3.05) is 13.1 Å². The standard InChI is InChI=1S/C16H22N2O3/c1-12(10-13-6-3-2-4-7-13)17-16(21)18-9-5-8-14(11-18)15(19)20/h2-4,6-7,12,14H,5,8-11H2,1H3,(H,17,21)(H,19,20)/t12?,14-/m1/s1. The zero-order valence-corrected chi connectivity index (χ0v) is 12.3. The molecule has 2 atom stereocenters. The van der Waals surface area contributed by atoms with Gasteiger partial charge in [-0.05, 0) is 31.7 Å². The molecular weight excluding hydrogens is 268 g/mol. The molecular formula is C16H22N2O3. The van der Waals surface area contributed by atoms with Crippen LogP contribution in [0.1, 0.15) is 25.3 Å². The van der Waals surface area contributed by atoms with Gasteiger partial charge in [0.1, 0.15) is 0 Å². The molecule has 0 radical (unpaired) electrons. The first kappa shape index (κ1) is 15.4. The van der Waals surface area contributed by atoms with E-state index in [9.17, 15) is 9.59 Å². The highest BCUT2D eigenvalue weighted by Crippen LogP contribution is 2.16. The van der Waals surface area contributed by atoms with E-state index in [0.29, 0.717) is 19.5 Å². The third-order valence-electron chi connectivity index (χ3n) is 3.81. The summed E-state index contributed by atoms with van der Waals surface area (Å²) in [5.41, 5.74) is 1.17. The largest absolute Gasteiger partial charge is 0.481 e. The lowest BCUT2D eigenvalue weighted by Crippen LogP contribution is -2.49. The van der Waals surface area contributed by atoms with Crippen LogP contribution in [0.5, 0.6) is 0 Å². The van der Waals surface area contributed by atoms with E-state index in [0.717, 1.165) is 12.8 Å². The molecule has 21 heavy (non-hydrogen) atoms. The Morgan fingerprint density at radius 3 is 2.76 bits per heavy atom.